The molecule has 69 heavy (non-hydrogen) atoms. The normalized spacial score (nSPS) is 12.7. The number of fused-ring (bicyclic) bond motifs is 4. The Balaban J connectivity index is 1.19. The van der Waals surface area contributed by atoms with E-state index in [0.717, 1.165) is 39.3 Å². The van der Waals surface area contributed by atoms with Crippen molar-refractivity contribution in [3.05, 3.63) is 142 Å². The zero-order valence-electron chi connectivity index (χ0n) is 41.1. The average Bonchev–Trinajstić information content (AvgIpc) is 4.10. The molecule has 0 aliphatic heterocycles. The zero-order valence-corrected chi connectivity index (χ0v) is 42.7. The molecular formula is C61H64F2N2O2S2. The summed E-state index contributed by atoms with van der Waals surface area (Å²) in [7, 11) is 3.26. The summed E-state index contributed by atoms with van der Waals surface area (Å²) in [6.45, 7) is 8.76. The topological polar surface area (TPSA) is 44.2 Å². The van der Waals surface area contributed by atoms with Gasteiger partial charge in [0.2, 0.25) is 0 Å². The molecular weight excluding hydrogens is 895 g/mol. The maximum absolute atomic E-state index is 17.4. The quantitative estimate of drug-likeness (QED) is 0.0673. The first kappa shape index (κ1) is 48.3. The van der Waals surface area contributed by atoms with Crippen LogP contribution in [0.1, 0.15) is 125 Å². The average molecular weight is 959 g/mol. The Morgan fingerprint density at radius 2 is 0.928 bits per heavy atom. The smallest absolute Gasteiger partial charge is 0.170 e. The van der Waals surface area contributed by atoms with Gasteiger partial charge in [-0.15, -0.1) is 22.7 Å². The van der Waals surface area contributed by atoms with Gasteiger partial charge in [0.1, 0.15) is 22.5 Å². The summed E-state index contributed by atoms with van der Waals surface area (Å²) in [5.41, 5.74) is 11.4. The van der Waals surface area contributed by atoms with E-state index in [1.165, 1.54) is 128 Å². The van der Waals surface area contributed by atoms with Gasteiger partial charge in [0, 0.05) is 36.1 Å². The fraction of sp³-hybridized carbons (Fsp3) is 0.344. The molecule has 5 aromatic carbocycles. The summed E-state index contributed by atoms with van der Waals surface area (Å²) < 4.78 is 45.5. The van der Waals surface area contributed by atoms with Crippen molar-refractivity contribution < 1.29 is 18.3 Å². The van der Waals surface area contributed by atoms with Crippen LogP contribution in [-0.4, -0.2) is 24.2 Å². The highest BCUT2D eigenvalue weighted by Crippen LogP contribution is 2.56. The van der Waals surface area contributed by atoms with Gasteiger partial charge in [-0.2, -0.15) is 0 Å². The van der Waals surface area contributed by atoms with Crippen LogP contribution in [0.3, 0.4) is 0 Å². The Labute approximate surface area is 415 Å². The molecule has 0 fully saturated rings. The number of benzene rings is 5. The molecule has 0 radical (unpaired) electrons. The van der Waals surface area contributed by atoms with Crippen LogP contribution >= 0.6 is 22.7 Å². The van der Waals surface area contributed by atoms with Crippen molar-refractivity contribution in [1.82, 2.24) is 9.97 Å². The number of hydrogen-bond donors (Lipinski definition) is 0. The van der Waals surface area contributed by atoms with Crippen LogP contribution in [0.4, 0.5) is 8.78 Å². The van der Waals surface area contributed by atoms with E-state index in [4.69, 9.17) is 19.4 Å². The van der Waals surface area contributed by atoms with E-state index in [-0.39, 0.29) is 16.5 Å². The van der Waals surface area contributed by atoms with Crippen molar-refractivity contribution >= 4 is 33.7 Å². The lowest BCUT2D eigenvalue weighted by Gasteiger charge is -2.33. The van der Waals surface area contributed by atoms with E-state index in [1.807, 2.05) is 73.7 Å². The molecule has 1 aliphatic rings. The molecule has 0 amide bonds. The number of nitrogens with zero attached hydrogens (tertiary/aromatic N) is 2. The summed E-state index contributed by atoms with van der Waals surface area (Å²) in [4.78, 5) is 13.8. The summed E-state index contributed by atoms with van der Waals surface area (Å²) in [6.07, 6.45) is 17.4. The fourth-order valence-electron chi connectivity index (χ4n) is 10.6. The first-order valence-corrected chi connectivity index (χ1v) is 26.8. The van der Waals surface area contributed by atoms with E-state index in [9.17, 15) is 0 Å². The largest absolute Gasteiger partial charge is 0.497 e. The first-order chi connectivity index (χ1) is 33.7. The number of ether oxygens (including phenoxy) is 2. The van der Waals surface area contributed by atoms with Crippen molar-refractivity contribution in [2.24, 2.45) is 0 Å². The lowest BCUT2D eigenvalue weighted by Crippen LogP contribution is -2.25. The molecule has 0 spiro atoms. The van der Waals surface area contributed by atoms with Crippen LogP contribution in [0.25, 0.3) is 76.0 Å². The third-order valence-corrected chi connectivity index (χ3v) is 16.5. The SMILES string of the molecule is CCCCCCCCC1(CCCCCCCC)c2cc(C)ccc2-c2ccc(-c3ccc(-c4c(F)c(F)c(-c5ccc(C)s5)c5nc(-c6ccc(OC)cc6)c(-c6ccc(OC)cc6)nc45)s3)cc21. The second-order valence-electron chi connectivity index (χ2n) is 19.0. The third kappa shape index (κ3) is 9.77. The maximum Gasteiger partial charge on any atom is 0.170 e. The first-order valence-electron chi connectivity index (χ1n) is 25.1. The van der Waals surface area contributed by atoms with Crippen LogP contribution < -0.4 is 9.47 Å². The molecule has 0 atom stereocenters. The number of halogens is 2. The number of aryl methyl sites for hydroxylation is 2. The van der Waals surface area contributed by atoms with E-state index in [2.05, 4.69) is 63.2 Å². The van der Waals surface area contributed by atoms with E-state index in [1.54, 1.807) is 14.2 Å². The van der Waals surface area contributed by atoms with Crippen molar-refractivity contribution in [2.75, 3.05) is 14.2 Å². The zero-order chi connectivity index (χ0) is 48.1. The molecule has 4 nitrogen and oxygen atoms in total. The Bertz CT molecular complexity index is 3040. The molecule has 8 aromatic rings. The van der Waals surface area contributed by atoms with Crippen molar-refractivity contribution in [2.45, 2.75) is 123 Å². The fourth-order valence-corrected chi connectivity index (χ4v) is 12.5. The number of methoxy groups -OCH3 is 2. The maximum atomic E-state index is 17.4. The van der Waals surface area contributed by atoms with Gasteiger partial charge in [-0.1, -0.05) is 127 Å². The highest BCUT2D eigenvalue weighted by atomic mass is 32.1. The minimum atomic E-state index is -0.930. The Kier molecular flexibility index (Phi) is 15.1. The van der Waals surface area contributed by atoms with E-state index < -0.39 is 11.6 Å². The molecule has 0 saturated heterocycles. The standard InChI is InChI=1S/C61H64F2N2O2S2/c1-7-9-11-13-15-17-35-61(36-18-16-14-12-10-8-2)48-37-39(3)19-30-46(48)47-31-25-43(38-49(47)61)50-33-34-52(69-50)54-56(63)55(62)53(51-32-20-40(4)68-51)59-60(54)65-58(42-23-28-45(67-6)29-24-42)57(64-59)41-21-26-44(66-5)27-22-41/h19-34,37-38H,7-18,35-36H2,1-6H3. The predicted molar refractivity (Wildman–Crippen MR) is 287 cm³/mol. The lowest BCUT2D eigenvalue weighted by molar-refractivity contribution is 0.398. The molecule has 1 aliphatic carbocycles. The predicted octanol–water partition coefficient (Wildman–Crippen LogP) is 18.8. The molecule has 0 bridgehead atoms. The van der Waals surface area contributed by atoms with Gasteiger partial charge >= 0.3 is 0 Å². The number of rotatable bonds is 21. The molecule has 3 heterocycles. The highest BCUT2D eigenvalue weighted by molar-refractivity contribution is 7.19. The molecule has 0 unspecified atom stereocenters. The number of aromatic nitrogens is 2. The Hall–Kier alpha value is -5.70. The molecule has 0 saturated carbocycles. The van der Waals surface area contributed by atoms with Gasteiger partial charge in [0.25, 0.3) is 0 Å². The Morgan fingerprint density at radius 3 is 1.43 bits per heavy atom. The van der Waals surface area contributed by atoms with Crippen LogP contribution in [-0.2, 0) is 5.41 Å². The van der Waals surface area contributed by atoms with Gasteiger partial charge in [-0.3, -0.25) is 0 Å². The van der Waals surface area contributed by atoms with Gasteiger partial charge < -0.3 is 9.47 Å². The van der Waals surface area contributed by atoms with Crippen LogP contribution in [0.15, 0.2) is 109 Å². The molecule has 9 rings (SSSR count). The molecule has 0 N–H and O–H groups in total. The third-order valence-electron chi connectivity index (χ3n) is 14.3. The summed E-state index contributed by atoms with van der Waals surface area (Å²) in [5.74, 6) is -0.468. The Morgan fingerprint density at radius 1 is 0.478 bits per heavy atom. The summed E-state index contributed by atoms with van der Waals surface area (Å²) in [5, 5.41) is 0. The number of thiophene rings is 2. The van der Waals surface area contributed by atoms with Crippen molar-refractivity contribution in [3.8, 4) is 76.5 Å². The van der Waals surface area contributed by atoms with Crippen LogP contribution in [0.2, 0.25) is 0 Å². The van der Waals surface area contributed by atoms with Crippen molar-refractivity contribution in [1.29, 1.82) is 0 Å². The van der Waals surface area contributed by atoms with E-state index in [0.29, 0.717) is 43.7 Å². The number of unbranched alkanes of at least 4 members (excludes halogenated alkanes) is 10. The monoisotopic (exact) mass is 958 g/mol. The highest BCUT2D eigenvalue weighted by Gasteiger charge is 2.42. The van der Waals surface area contributed by atoms with Crippen LogP contribution in [0.5, 0.6) is 11.5 Å². The van der Waals surface area contributed by atoms with Gasteiger partial charge in [0.15, 0.2) is 11.6 Å². The summed E-state index contributed by atoms with van der Waals surface area (Å²) in [6, 6.07) is 37.1. The van der Waals surface area contributed by atoms with Gasteiger partial charge in [-0.05, 0) is 133 Å². The minimum absolute atomic E-state index is 0.0846. The van der Waals surface area contributed by atoms with Crippen molar-refractivity contribution in [3.63, 3.8) is 0 Å². The summed E-state index contributed by atoms with van der Waals surface area (Å²) >= 11 is 2.90. The molecule has 356 valence electrons. The second kappa shape index (κ2) is 21.5. The number of hydrogen-bond acceptors (Lipinski definition) is 6. The molecule has 3 aromatic heterocycles. The minimum Gasteiger partial charge on any atom is -0.497 e. The van der Waals surface area contributed by atoms with Gasteiger partial charge in [-0.25, -0.2) is 18.7 Å². The van der Waals surface area contributed by atoms with Gasteiger partial charge in [0.05, 0.1) is 36.7 Å². The lowest BCUT2D eigenvalue weighted by atomic mass is 9.70. The van der Waals surface area contributed by atoms with E-state index >= 15 is 8.78 Å². The molecule has 8 heteroatoms. The second-order valence-corrected chi connectivity index (χ2v) is 21.3. The van der Waals surface area contributed by atoms with Crippen LogP contribution in [0, 0.1) is 25.5 Å².